The van der Waals surface area contributed by atoms with E-state index in [-0.39, 0.29) is 22.0 Å². The monoisotopic (exact) mass is 292 g/mol. The van der Waals surface area contributed by atoms with E-state index in [0.29, 0.717) is 0 Å². The van der Waals surface area contributed by atoms with E-state index >= 15 is 0 Å². The summed E-state index contributed by atoms with van der Waals surface area (Å²) in [5.41, 5.74) is -0.388. The van der Waals surface area contributed by atoms with Gasteiger partial charge in [-0.2, -0.15) is 0 Å². The topological polar surface area (TPSA) is 79.3 Å². The molecule has 0 fully saturated rings. The van der Waals surface area contributed by atoms with Gasteiger partial charge in [-0.1, -0.05) is 32.4 Å². The number of aromatic nitrogens is 1. The van der Waals surface area contributed by atoms with Crippen LogP contribution in [-0.2, 0) is 10.0 Å². The minimum Gasteiger partial charge on any atom is -0.391 e. The van der Waals surface area contributed by atoms with Gasteiger partial charge >= 0.3 is 0 Å². The molecular weight excluding hydrogens is 276 g/mol. The first-order valence-electron chi connectivity index (χ1n) is 5.42. The molecule has 1 atom stereocenters. The van der Waals surface area contributed by atoms with Gasteiger partial charge in [-0.05, 0) is 17.5 Å². The lowest BCUT2D eigenvalue weighted by atomic mass is 9.89. The van der Waals surface area contributed by atoms with Crippen LogP contribution in [0.5, 0.6) is 0 Å². The van der Waals surface area contributed by atoms with Gasteiger partial charge in [-0.25, -0.2) is 18.1 Å². The number of rotatable bonds is 4. The molecule has 0 amide bonds. The Kier molecular flexibility index (Phi) is 4.72. The van der Waals surface area contributed by atoms with Gasteiger partial charge < -0.3 is 5.11 Å². The number of aliphatic hydroxyl groups excluding tert-OH is 1. The lowest BCUT2D eigenvalue weighted by molar-refractivity contribution is 0.0677. The molecule has 18 heavy (non-hydrogen) atoms. The summed E-state index contributed by atoms with van der Waals surface area (Å²) < 4.78 is 26.1. The zero-order valence-corrected chi connectivity index (χ0v) is 12.1. The van der Waals surface area contributed by atoms with Crippen molar-refractivity contribution in [3.05, 3.63) is 23.5 Å². The fourth-order valence-corrected chi connectivity index (χ4v) is 2.19. The summed E-state index contributed by atoms with van der Waals surface area (Å²) >= 11 is 5.58. The molecule has 0 aliphatic heterocycles. The predicted molar refractivity (Wildman–Crippen MR) is 69.9 cm³/mol. The quantitative estimate of drug-likeness (QED) is 0.823. The molecule has 7 heteroatoms. The number of nitrogens with zero attached hydrogens (tertiary/aromatic N) is 1. The van der Waals surface area contributed by atoms with Gasteiger partial charge in [0.2, 0.25) is 10.0 Å². The summed E-state index contributed by atoms with van der Waals surface area (Å²) in [6.45, 7) is 5.44. The van der Waals surface area contributed by atoms with Crippen molar-refractivity contribution < 1.29 is 13.5 Å². The molecule has 0 aliphatic rings. The van der Waals surface area contributed by atoms with E-state index in [1.807, 2.05) is 20.8 Å². The van der Waals surface area contributed by atoms with Gasteiger partial charge in [0.1, 0.15) is 10.0 Å². The Morgan fingerprint density at radius 3 is 2.50 bits per heavy atom. The van der Waals surface area contributed by atoms with Crippen LogP contribution in [-0.4, -0.2) is 31.2 Å². The van der Waals surface area contributed by atoms with E-state index in [1.165, 1.54) is 18.3 Å². The van der Waals surface area contributed by atoms with Crippen molar-refractivity contribution in [3.63, 3.8) is 0 Å². The minimum atomic E-state index is -3.66. The maximum Gasteiger partial charge on any atom is 0.242 e. The first-order chi connectivity index (χ1) is 8.13. The lowest BCUT2D eigenvalue weighted by Crippen LogP contribution is -2.39. The highest BCUT2D eigenvalue weighted by Gasteiger charge is 2.24. The molecule has 1 aromatic rings. The van der Waals surface area contributed by atoms with Gasteiger partial charge in [0, 0.05) is 12.7 Å². The summed E-state index contributed by atoms with van der Waals surface area (Å²) in [6.07, 6.45) is 0.404. The van der Waals surface area contributed by atoms with Crippen molar-refractivity contribution in [1.82, 2.24) is 9.71 Å². The van der Waals surface area contributed by atoms with Crippen LogP contribution in [0, 0.1) is 5.41 Å². The molecule has 0 radical (unpaired) electrons. The van der Waals surface area contributed by atoms with E-state index in [9.17, 15) is 13.5 Å². The highest BCUT2D eigenvalue weighted by atomic mass is 35.5. The molecule has 2 N–H and O–H groups in total. The smallest absolute Gasteiger partial charge is 0.242 e. The number of hydrogen-bond donors (Lipinski definition) is 2. The lowest BCUT2D eigenvalue weighted by Gasteiger charge is -2.25. The summed E-state index contributed by atoms with van der Waals surface area (Å²) in [4.78, 5) is 3.73. The third-order valence-electron chi connectivity index (χ3n) is 2.48. The molecule has 0 aromatic carbocycles. The van der Waals surface area contributed by atoms with Gasteiger partial charge in [0.05, 0.1) is 6.10 Å². The molecule has 1 unspecified atom stereocenters. The zero-order chi connectivity index (χ0) is 14.0. The Labute approximate surface area is 112 Å². The Bertz CT molecular complexity index is 494. The van der Waals surface area contributed by atoms with Crippen molar-refractivity contribution in [3.8, 4) is 0 Å². The largest absolute Gasteiger partial charge is 0.391 e. The maximum atomic E-state index is 11.9. The molecule has 0 saturated carbocycles. The summed E-state index contributed by atoms with van der Waals surface area (Å²) in [7, 11) is -3.66. The van der Waals surface area contributed by atoms with Crippen molar-refractivity contribution in [1.29, 1.82) is 0 Å². The molecule has 1 rings (SSSR count). The zero-order valence-electron chi connectivity index (χ0n) is 10.5. The molecule has 0 spiro atoms. The Hall–Kier alpha value is -0.690. The maximum absolute atomic E-state index is 11.9. The summed E-state index contributed by atoms with van der Waals surface area (Å²) in [5, 5.41) is 10.0. The van der Waals surface area contributed by atoms with Crippen molar-refractivity contribution >= 4 is 21.6 Å². The number of aliphatic hydroxyl groups is 1. The van der Waals surface area contributed by atoms with Gasteiger partial charge in [-0.15, -0.1) is 0 Å². The summed E-state index contributed by atoms with van der Waals surface area (Å²) in [5.74, 6) is 0. The average molecular weight is 293 g/mol. The molecule has 0 aliphatic carbocycles. The van der Waals surface area contributed by atoms with E-state index in [4.69, 9.17) is 11.6 Å². The van der Waals surface area contributed by atoms with E-state index in [1.54, 1.807) is 0 Å². The highest BCUT2D eigenvalue weighted by molar-refractivity contribution is 7.89. The van der Waals surface area contributed by atoms with Crippen LogP contribution in [0.4, 0.5) is 0 Å². The predicted octanol–water partition coefficient (Wildman–Crippen LogP) is 1.42. The Morgan fingerprint density at radius 1 is 1.44 bits per heavy atom. The van der Waals surface area contributed by atoms with E-state index in [0.717, 1.165) is 0 Å². The van der Waals surface area contributed by atoms with Crippen molar-refractivity contribution in [2.45, 2.75) is 31.8 Å². The molecular formula is C11H17ClN2O3S. The number of pyridine rings is 1. The first-order valence-corrected chi connectivity index (χ1v) is 7.28. The first kappa shape index (κ1) is 15.4. The summed E-state index contributed by atoms with van der Waals surface area (Å²) in [6, 6.07) is 2.76. The molecule has 0 saturated heterocycles. The van der Waals surface area contributed by atoms with Crippen LogP contribution in [0.2, 0.25) is 5.15 Å². The molecule has 5 nitrogen and oxygen atoms in total. The van der Waals surface area contributed by atoms with Gasteiger partial charge in [-0.3, -0.25) is 0 Å². The Morgan fingerprint density at radius 2 is 2.06 bits per heavy atom. The average Bonchev–Trinajstić information content (AvgIpc) is 2.25. The van der Waals surface area contributed by atoms with Crippen molar-refractivity contribution in [2.75, 3.05) is 6.54 Å². The second-order valence-corrected chi connectivity index (χ2v) is 7.20. The van der Waals surface area contributed by atoms with Gasteiger partial charge in [0.25, 0.3) is 0 Å². The molecule has 1 heterocycles. The fourth-order valence-electron chi connectivity index (χ4n) is 1.10. The second kappa shape index (κ2) is 5.52. The third kappa shape index (κ3) is 4.20. The number of hydrogen-bond acceptors (Lipinski definition) is 4. The molecule has 0 bridgehead atoms. The van der Waals surface area contributed by atoms with Crippen LogP contribution in [0.3, 0.4) is 0 Å². The molecule has 1 aromatic heterocycles. The SMILES string of the molecule is CC(C)(C)C(O)CNS(=O)(=O)c1ccc(Cl)nc1. The standard InChI is InChI=1S/C11H17ClN2O3S/c1-11(2,3)9(15)7-14-18(16,17)8-4-5-10(12)13-6-8/h4-6,9,14-15H,7H2,1-3H3. The van der Waals surface area contributed by atoms with Crippen LogP contribution in [0.15, 0.2) is 23.2 Å². The number of halogens is 1. The van der Waals surface area contributed by atoms with Crippen LogP contribution in [0.1, 0.15) is 20.8 Å². The van der Waals surface area contributed by atoms with E-state index in [2.05, 4.69) is 9.71 Å². The highest BCUT2D eigenvalue weighted by Crippen LogP contribution is 2.19. The number of sulfonamides is 1. The van der Waals surface area contributed by atoms with Crippen LogP contribution in [0.25, 0.3) is 0 Å². The Balaban J connectivity index is 2.75. The normalized spacial score (nSPS) is 14.5. The fraction of sp³-hybridized carbons (Fsp3) is 0.545. The van der Waals surface area contributed by atoms with E-state index < -0.39 is 16.1 Å². The minimum absolute atomic E-state index is 0.0213. The number of nitrogens with one attached hydrogen (secondary N) is 1. The van der Waals surface area contributed by atoms with Gasteiger partial charge in [0.15, 0.2) is 0 Å². The third-order valence-corrected chi connectivity index (χ3v) is 4.11. The second-order valence-electron chi connectivity index (χ2n) is 5.05. The molecule has 102 valence electrons. The van der Waals surface area contributed by atoms with Crippen molar-refractivity contribution in [2.24, 2.45) is 5.41 Å². The van der Waals surface area contributed by atoms with Crippen LogP contribution >= 0.6 is 11.6 Å². The van der Waals surface area contributed by atoms with Crippen LogP contribution < -0.4 is 4.72 Å².